The van der Waals surface area contributed by atoms with Gasteiger partial charge in [0.05, 0.1) is 25.2 Å². The van der Waals surface area contributed by atoms with Crippen molar-refractivity contribution in [2.24, 2.45) is 11.8 Å². The normalized spacial score (nSPS) is 31.6. The molecule has 3 aliphatic rings. The van der Waals surface area contributed by atoms with E-state index in [9.17, 15) is 8.42 Å². The standard InChI is InChI=1S/C16H22N2O4S/c1-23(19,20)18-14-4-2-3-13(9-14)17-15-8-12-7-11(15)10-16(12)21-5-6-22-16/h2-4,9,11-12,15,17-18H,5-8,10H2,1H3/t11-,12-,15?/m0/s1. The van der Waals surface area contributed by atoms with E-state index in [1.54, 1.807) is 6.07 Å². The molecular formula is C16H22N2O4S. The van der Waals surface area contributed by atoms with Crippen molar-refractivity contribution >= 4 is 21.4 Å². The van der Waals surface area contributed by atoms with Gasteiger partial charge in [0, 0.05) is 24.1 Å². The number of hydrogen-bond acceptors (Lipinski definition) is 5. The highest BCUT2D eigenvalue weighted by Gasteiger charge is 2.58. The number of benzene rings is 1. The summed E-state index contributed by atoms with van der Waals surface area (Å²) in [5.74, 6) is 0.692. The van der Waals surface area contributed by atoms with Crippen LogP contribution in [0.25, 0.3) is 0 Å². The van der Waals surface area contributed by atoms with E-state index in [0.29, 0.717) is 36.8 Å². The molecule has 4 rings (SSSR count). The van der Waals surface area contributed by atoms with Crippen LogP contribution in [0.3, 0.4) is 0 Å². The molecule has 1 aromatic carbocycles. The van der Waals surface area contributed by atoms with E-state index in [1.165, 1.54) is 0 Å². The lowest BCUT2D eigenvalue weighted by Crippen LogP contribution is -2.41. The lowest BCUT2D eigenvalue weighted by molar-refractivity contribution is -0.190. The van der Waals surface area contributed by atoms with Crippen molar-refractivity contribution in [3.8, 4) is 0 Å². The van der Waals surface area contributed by atoms with Gasteiger partial charge in [0.25, 0.3) is 0 Å². The van der Waals surface area contributed by atoms with Crippen LogP contribution >= 0.6 is 0 Å². The number of anilines is 2. The molecule has 2 N–H and O–H groups in total. The van der Waals surface area contributed by atoms with E-state index < -0.39 is 10.0 Å². The van der Waals surface area contributed by atoms with Gasteiger partial charge in [-0.25, -0.2) is 8.42 Å². The van der Waals surface area contributed by atoms with Crippen LogP contribution in [-0.2, 0) is 19.5 Å². The fraction of sp³-hybridized carbons (Fsp3) is 0.625. The van der Waals surface area contributed by atoms with Crippen LogP contribution in [0.1, 0.15) is 19.3 Å². The van der Waals surface area contributed by atoms with Gasteiger partial charge in [-0.1, -0.05) is 6.07 Å². The summed E-state index contributed by atoms with van der Waals surface area (Å²) < 4.78 is 37.0. The molecule has 1 spiro atoms. The van der Waals surface area contributed by atoms with Crippen LogP contribution in [-0.4, -0.2) is 39.7 Å². The first-order valence-electron chi connectivity index (χ1n) is 8.06. The molecule has 1 aliphatic heterocycles. The Morgan fingerprint density at radius 2 is 1.91 bits per heavy atom. The summed E-state index contributed by atoms with van der Waals surface area (Å²) in [6.07, 6.45) is 4.29. The van der Waals surface area contributed by atoms with Crippen LogP contribution in [0.4, 0.5) is 11.4 Å². The molecule has 0 radical (unpaired) electrons. The van der Waals surface area contributed by atoms with Gasteiger partial charge >= 0.3 is 0 Å². The minimum atomic E-state index is -3.26. The average Bonchev–Trinajstić information content (AvgIpc) is 3.14. The Morgan fingerprint density at radius 1 is 1.17 bits per heavy atom. The number of rotatable bonds is 4. The molecule has 1 unspecified atom stereocenters. The molecule has 3 atom stereocenters. The summed E-state index contributed by atoms with van der Waals surface area (Å²) in [5, 5.41) is 3.56. The van der Waals surface area contributed by atoms with E-state index in [2.05, 4.69) is 10.0 Å². The van der Waals surface area contributed by atoms with Crippen LogP contribution in [0.5, 0.6) is 0 Å². The smallest absolute Gasteiger partial charge is 0.229 e. The molecule has 23 heavy (non-hydrogen) atoms. The maximum atomic E-state index is 11.3. The number of nitrogens with one attached hydrogen (secondary N) is 2. The van der Waals surface area contributed by atoms with Gasteiger partial charge in [0.15, 0.2) is 5.79 Å². The third-order valence-electron chi connectivity index (χ3n) is 5.16. The fourth-order valence-electron chi connectivity index (χ4n) is 4.34. The maximum Gasteiger partial charge on any atom is 0.229 e. The second-order valence-corrected chi connectivity index (χ2v) is 8.60. The molecule has 3 fully saturated rings. The number of hydrogen-bond donors (Lipinski definition) is 2. The SMILES string of the molecule is CS(=O)(=O)Nc1cccc(NC2C[C@@H]3C[C@H]2CC32OCCO2)c1. The van der Waals surface area contributed by atoms with Crippen LogP contribution < -0.4 is 10.0 Å². The minimum Gasteiger partial charge on any atom is -0.382 e. The van der Waals surface area contributed by atoms with Crippen molar-refractivity contribution in [2.75, 3.05) is 29.5 Å². The quantitative estimate of drug-likeness (QED) is 0.878. The second-order valence-electron chi connectivity index (χ2n) is 6.85. The van der Waals surface area contributed by atoms with Crippen molar-refractivity contribution in [1.29, 1.82) is 0 Å². The Hall–Kier alpha value is -1.31. The fourth-order valence-corrected chi connectivity index (χ4v) is 4.90. The van der Waals surface area contributed by atoms with E-state index in [1.807, 2.05) is 18.2 Å². The van der Waals surface area contributed by atoms with Crippen molar-refractivity contribution in [3.05, 3.63) is 24.3 Å². The average molecular weight is 338 g/mol. The van der Waals surface area contributed by atoms with Crippen molar-refractivity contribution in [2.45, 2.75) is 31.1 Å². The maximum absolute atomic E-state index is 11.3. The largest absolute Gasteiger partial charge is 0.382 e. The molecule has 0 amide bonds. The Bertz CT molecular complexity index is 700. The van der Waals surface area contributed by atoms with Gasteiger partial charge in [-0.05, 0) is 37.0 Å². The molecule has 126 valence electrons. The lowest BCUT2D eigenvalue weighted by atomic mass is 9.90. The molecule has 7 heteroatoms. The predicted octanol–water partition coefficient (Wildman–Crippen LogP) is 2.01. The summed E-state index contributed by atoms with van der Waals surface area (Å²) >= 11 is 0. The van der Waals surface area contributed by atoms with Gasteiger partial charge in [0.1, 0.15) is 0 Å². The van der Waals surface area contributed by atoms with Gasteiger partial charge in [-0.3, -0.25) is 4.72 Å². The molecule has 1 saturated heterocycles. The van der Waals surface area contributed by atoms with Crippen LogP contribution in [0.15, 0.2) is 24.3 Å². The molecule has 2 bridgehead atoms. The Labute approximate surface area is 136 Å². The highest BCUT2D eigenvalue weighted by molar-refractivity contribution is 7.92. The lowest BCUT2D eigenvalue weighted by Gasteiger charge is -2.35. The number of sulfonamides is 1. The van der Waals surface area contributed by atoms with E-state index in [-0.39, 0.29) is 5.79 Å². The first-order chi connectivity index (χ1) is 10.9. The summed E-state index contributed by atoms with van der Waals surface area (Å²) in [6.45, 7) is 1.42. The molecular weight excluding hydrogens is 316 g/mol. The first-order valence-corrected chi connectivity index (χ1v) is 9.95. The monoisotopic (exact) mass is 338 g/mol. The predicted molar refractivity (Wildman–Crippen MR) is 87.8 cm³/mol. The number of ether oxygens (including phenoxy) is 2. The molecule has 6 nitrogen and oxygen atoms in total. The van der Waals surface area contributed by atoms with Gasteiger partial charge in [-0.15, -0.1) is 0 Å². The zero-order valence-corrected chi connectivity index (χ0v) is 13.9. The Kier molecular flexibility index (Phi) is 3.55. The van der Waals surface area contributed by atoms with Crippen LogP contribution in [0, 0.1) is 11.8 Å². The minimum absolute atomic E-state index is 0.317. The number of fused-ring (bicyclic) bond motifs is 3. The third kappa shape index (κ3) is 2.93. The molecule has 2 aliphatic carbocycles. The third-order valence-corrected chi connectivity index (χ3v) is 5.76. The molecule has 0 aromatic heterocycles. The molecule has 1 aromatic rings. The van der Waals surface area contributed by atoms with Gasteiger partial charge < -0.3 is 14.8 Å². The van der Waals surface area contributed by atoms with Gasteiger partial charge in [-0.2, -0.15) is 0 Å². The zero-order chi connectivity index (χ0) is 16.1. The highest BCUT2D eigenvalue weighted by Crippen LogP contribution is 2.55. The summed E-state index contributed by atoms with van der Waals surface area (Å²) in [7, 11) is -3.26. The molecule has 1 heterocycles. The van der Waals surface area contributed by atoms with Crippen LogP contribution in [0.2, 0.25) is 0 Å². The molecule has 2 saturated carbocycles. The van der Waals surface area contributed by atoms with E-state index in [4.69, 9.17) is 9.47 Å². The Balaban J connectivity index is 1.43. The van der Waals surface area contributed by atoms with Crippen molar-refractivity contribution < 1.29 is 17.9 Å². The highest BCUT2D eigenvalue weighted by atomic mass is 32.2. The van der Waals surface area contributed by atoms with Crippen molar-refractivity contribution in [3.63, 3.8) is 0 Å². The topological polar surface area (TPSA) is 76.7 Å². The summed E-state index contributed by atoms with van der Waals surface area (Å²) in [4.78, 5) is 0. The zero-order valence-electron chi connectivity index (χ0n) is 13.1. The first kappa shape index (κ1) is 15.2. The van der Waals surface area contributed by atoms with Crippen molar-refractivity contribution in [1.82, 2.24) is 0 Å². The second kappa shape index (κ2) is 5.36. The van der Waals surface area contributed by atoms with E-state index >= 15 is 0 Å². The van der Waals surface area contributed by atoms with Gasteiger partial charge in [0.2, 0.25) is 10.0 Å². The summed E-state index contributed by atoms with van der Waals surface area (Å²) in [6, 6.07) is 7.81. The summed E-state index contributed by atoms with van der Waals surface area (Å²) in [5.41, 5.74) is 1.53. The van der Waals surface area contributed by atoms with E-state index in [0.717, 1.165) is 31.2 Å². The Morgan fingerprint density at radius 3 is 2.57 bits per heavy atom.